The largest absolute Gasteiger partial charge is 0.337 e. The first kappa shape index (κ1) is 22.7. The van der Waals surface area contributed by atoms with Gasteiger partial charge in [-0.25, -0.2) is 9.97 Å². The van der Waals surface area contributed by atoms with Crippen LogP contribution < -0.4 is 5.32 Å². The molecule has 0 unspecified atom stereocenters. The van der Waals surface area contributed by atoms with Crippen molar-refractivity contribution < 1.29 is 0 Å². The van der Waals surface area contributed by atoms with Crippen LogP contribution in [0.2, 0.25) is 0 Å². The highest BCUT2D eigenvalue weighted by Gasteiger charge is 2.17. The maximum Gasteiger partial charge on any atom is 0.181 e. The number of para-hydroxylation sites is 1. The number of benzene rings is 1. The van der Waals surface area contributed by atoms with Crippen LogP contribution in [-0.4, -0.2) is 41.7 Å². The van der Waals surface area contributed by atoms with E-state index in [0.29, 0.717) is 11.5 Å². The molecule has 38 heavy (non-hydrogen) atoms. The topological polar surface area (TPSA) is 108 Å². The summed E-state index contributed by atoms with van der Waals surface area (Å²) in [7, 11) is 0. The van der Waals surface area contributed by atoms with Crippen molar-refractivity contribution >= 4 is 22.1 Å². The second-order valence-corrected chi connectivity index (χ2v) is 10.1. The van der Waals surface area contributed by atoms with Crippen molar-refractivity contribution in [2.45, 2.75) is 32.2 Å². The third kappa shape index (κ3) is 4.33. The molecular formula is C30H28N8. The van der Waals surface area contributed by atoms with Gasteiger partial charge >= 0.3 is 0 Å². The summed E-state index contributed by atoms with van der Waals surface area (Å²) in [5.74, 6) is 1.53. The summed E-state index contributed by atoms with van der Waals surface area (Å²) in [6, 6.07) is 16.3. The molecule has 1 saturated carbocycles. The second-order valence-electron chi connectivity index (χ2n) is 10.1. The highest BCUT2D eigenvalue weighted by molar-refractivity contribution is 5.96. The van der Waals surface area contributed by atoms with E-state index in [-0.39, 0.29) is 0 Å². The highest BCUT2D eigenvalue weighted by atomic mass is 15.2. The minimum Gasteiger partial charge on any atom is -0.337 e. The van der Waals surface area contributed by atoms with Gasteiger partial charge in [0, 0.05) is 48.0 Å². The van der Waals surface area contributed by atoms with Gasteiger partial charge in [0.1, 0.15) is 5.69 Å². The summed E-state index contributed by atoms with van der Waals surface area (Å²) in [5, 5.41) is 12.1. The molecule has 0 radical (unpaired) electrons. The van der Waals surface area contributed by atoms with Gasteiger partial charge in [-0.1, -0.05) is 31.0 Å². The molecule has 7 rings (SSSR count). The quantitative estimate of drug-likeness (QED) is 0.252. The van der Waals surface area contributed by atoms with Gasteiger partial charge in [-0.05, 0) is 61.2 Å². The van der Waals surface area contributed by atoms with E-state index in [4.69, 9.17) is 4.98 Å². The number of aromatic nitrogens is 7. The Bertz CT molecular complexity index is 1710. The molecule has 1 aliphatic carbocycles. The predicted molar refractivity (Wildman–Crippen MR) is 149 cm³/mol. The smallest absolute Gasteiger partial charge is 0.181 e. The number of aromatic amines is 2. The summed E-state index contributed by atoms with van der Waals surface area (Å²) in [4.78, 5) is 22.1. The molecule has 1 aliphatic rings. The summed E-state index contributed by atoms with van der Waals surface area (Å²) in [6.45, 7) is 1.90. The average Bonchev–Trinajstić information content (AvgIpc) is 3.73. The number of pyridine rings is 3. The summed E-state index contributed by atoms with van der Waals surface area (Å²) in [5.41, 5.74) is 8.34. The van der Waals surface area contributed by atoms with Crippen molar-refractivity contribution in [3.05, 3.63) is 78.9 Å². The van der Waals surface area contributed by atoms with Gasteiger partial charge in [-0.3, -0.25) is 15.1 Å². The number of imidazole rings is 1. The number of nitrogens with zero attached hydrogens (tertiary/aromatic N) is 5. The van der Waals surface area contributed by atoms with Crippen LogP contribution in [-0.2, 0) is 6.54 Å². The van der Waals surface area contributed by atoms with Crippen molar-refractivity contribution in [2.75, 3.05) is 6.54 Å². The lowest BCUT2D eigenvalue weighted by Gasteiger charge is -2.11. The first-order chi connectivity index (χ1) is 18.8. The molecule has 5 aromatic heterocycles. The van der Waals surface area contributed by atoms with Crippen LogP contribution >= 0.6 is 0 Å². The SMILES string of the molecule is c1ccc(-c2cccc3[nH]c(-c4[nH]nc5ncc(-c6cncc(CNCC7CCCC7)c6)cc45)nc23)nc1. The van der Waals surface area contributed by atoms with Gasteiger partial charge in [-0.15, -0.1) is 0 Å². The lowest BCUT2D eigenvalue weighted by molar-refractivity contribution is 0.489. The molecule has 188 valence electrons. The fourth-order valence-electron chi connectivity index (χ4n) is 5.49. The number of H-pyrrole nitrogens is 2. The summed E-state index contributed by atoms with van der Waals surface area (Å²) in [6.07, 6.45) is 12.9. The van der Waals surface area contributed by atoms with Crippen LogP contribution in [0.5, 0.6) is 0 Å². The number of hydrogen-bond acceptors (Lipinski definition) is 6. The standard InChI is InChI=1S/C30H28N8/c1-2-7-19(6-1)14-31-15-20-12-21(17-32-16-20)22-13-24-28(37-38-29(24)34-18-22)30-35-26-10-5-8-23(27(26)36-30)25-9-3-4-11-33-25/h3-5,8-13,16-19,31H,1-2,6-7,14-15H2,(H,35,36)(H,34,37,38). The molecule has 1 aromatic carbocycles. The first-order valence-corrected chi connectivity index (χ1v) is 13.2. The van der Waals surface area contributed by atoms with Crippen molar-refractivity contribution in [1.29, 1.82) is 0 Å². The maximum atomic E-state index is 4.95. The van der Waals surface area contributed by atoms with E-state index in [1.54, 1.807) is 6.20 Å². The molecule has 8 heteroatoms. The second kappa shape index (κ2) is 9.79. The Morgan fingerprint density at radius 3 is 2.74 bits per heavy atom. The van der Waals surface area contributed by atoms with E-state index in [0.717, 1.165) is 63.5 Å². The van der Waals surface area contributed by atoms with E-state index in [2.05, 4.69) is 47.6 Å². The van der Waals surface area contributed by atoms with Crippen LogP contribution in [0.4, 0.5) is 0 Å². The zero-order valence-corrected chi connectivity index (χ0v) is 21.0. The van der Waals surface area contributed by atoms with Gasteiger partial charge in [0.15, 0.2) is 11.5 Å². The molecule has 0 saturated heterocycles. The first-order valence-electron chi connectivity index (χ1n) is 13.2. The Hall–Kier alpha value is -4.43. The Balaban J connectivity index is 1.20. The van der Waals surface area contributed by atoms with Crippen LogP contribution in [0, 0.1) is 5.92 Å². The predicted octanol–water partition coefficient (Wildman–Crippen LogP) is 5.91. The molecule has 8 nitrogen and oxygen atoms in total. The van der Waals surface area contributed by atoms with Gasteiger partial charge in [0.05, 0.1) is 22.1 Å². The number of hydrogen-bond donors (Lipinski definition) is 3. The normalized spacial score (nSPS) is 14.1. The van der Waals surface area contributed by atoms with Crippen molar-refractivity contribution in [2.24, 2.45) is 5.92 Å². The third-order valence-corrected chi connectivity index (χ3v) is 7.47. The minimum atomic E-state index is 0.650. The van der Waals surface area contributed by atoms with Crippen LogP contribution in [0.3, 0.4) is 0 Å². The van der Waals surface area contributed by atoms with Crippen LogP contribution in [0.25, 0.3) is 56.0 Å². The van der Waals surface area contributed by atoms with E-state index in [1.807, 2.05) is 55.0 Å². The monoisotopic (exact) mass is 500 g/mol. The fourth-order valence-corrected chi connectivity index (χ4v) is 5.49. The Kier molecular flexibility index (Phi) is 5.86. The third-order valence-electron chi connectivity index (χ3n) is 7.47. The van der Waals surface area contributed by atoms with E-state index in [9.17, 15) is 0 Å². The molecule has 0 bridgehead atoms. The summed E-state index contributed by atoms with van der Waals surface area (Å²) >= 11 is 0. The van der Waals surface area contributed by atoms with E-state index in [1.165, 1.54) is 31.2 Å². The Morgan fingerprint density at radius 1 is 0.921 bits per heavy atom. The van der Waals surface area contributed by atoms with Crippen molar-refractivity contribution in [3.63, 3.8) is 0 Å². The molecule has 0 atom stereocenters. The molecule has 5 heterocycles. The molecule has 0 aliphatic heterocycles. The minimum absolute atomic E-state index is 0.650. The van der Waals surface area contributed by atoms with E-state index < -0.39 is 0 Å². The Morgan fingerprint density at radius 2 is 1.84 bits per heavy atom. The molecular weight excluding hydrogens is 472 g/mol. The van der Waals surface area contributed by atoms with Gasteiger partial charge in [-0.2, -0.15) is 5.10 Å². The Labute approximate surface area is 220 Å². The van der Waals surface area contributed by atoms with Crippen molar-refractivity contribution in [3.8, 4) is 33.9 Å². The molecule has 1 fully saturated rings. The number of fused-ring (bicyclic) bond motifs is 2. The highest BCUT2D eigenvalue weighted by Crippen LogP contribution is 2.32. The van der Waals surface area contributed by atoms with Crippen LogP contribution in [0.1, 0.15) is 31.2 Å². The lowest BCUT2D eigenvalue weighted by Crippen LogP contribution is -2.20. The zero-order chi connectivity index (χ0) is 25.3. The fraction of sp³-hybridized carbons (Fsp3) is 0.233. The van der Waals surface area contributed by atoms with Gasteiger partial charge < -0.3 is 10.3 Å². The molecule has 0 spiro atoms. The molecule has 3 N–H and O–H groups in total. The van der Waals surface area contributed by atoms with Gasteiger partial charge in [0.2, 0.25) is 0 Å². The number of rotatable bonds is 7. The van der Waals surface area contributed by atoms with Gasteiger partial charge in [0.25, 0.3) is 0 Å². The average molecular weight is 501 g/mol. The van der Waals surface area contributed by atoms with E-state index >= 15 is 0 Å². The number of nitrogens with one attached hydrogen (secondary N) is 3. The zero-order valence-electron chi connectivity index (χ0n) is 21.0. The summed E-state index contributed by atoms with van der Waals surface area (Å²) < 4.78 is 0. The molecule has 6 aromatic rings. The van der Waals surface area contributed by atoms with Crippen molar-refractivity contribution in [1.82, 2.24) is 40.4 Å². The molecule has 0 amide bonds. The van der Waals surface area contributed by atoms with Crippen LogP contribution in [0.15, 0.2) is 73.3 Å². The lowest BCUT2D eigenvalue weighted by atomic mass is 10.1. The maximum absolute atomic E-state index is 4.95.